The first kappa shape index (κ1) is 13.7. The van der Waals surface area contributed by atoms with Crippen LogP contribution in [-0.4, -0.2) is 23.3 Å². The van der Waals surface area contributed by atoms with Gasteiger partial charge in [-0.05, 0) is 6.42 Å². The zero-order valence-corrected chi connectivity index (χ0v) is 12.4. The Hall–Kier alpha value is -1.24. The van der Waals surface area contributed by atoms with E-state index in [1.165, 1.54) is 11.8 Å². The van der Waals surface area contributed by atoms with Gasteiger partial charge in [-0.2, -0.15) is 10.5 Å². The van der Waals surface area contributed by atoms with Gasteiger partial charge in [0.05, 0.1) is 18.7 Å². The molecule has 2 heterocycles. The van der Waals surface area contributed by atoms with Crippen LogP contribution in [0, 0.1) is 39.4 Å². The summed E-state index contributed by atoms with van der Waals surface area (Å²) in [5, 5.41) is 18.6. The highest BCUT2D eigenvalue weighted by molar-refractivity contribution is 8.00. The molecule has 5 nitrogen and oxygen atoms in total. The Labute approximate surface area is 123 Å². The van der Waals surface area contributed by atoms with Crippen LogP contribution in [0.3, 0.4) is 0 Å². The Morgan fingerprint density at radius 2 is 2.25 bits per heavy atom. The van der Waals surface area contributed by atoms with Crippen molar-refractivity contribution >= 4 is 17.6 Å². The minimum Gasteiger partial charge on any atom is -0.386 e. The van der Waals surface area contributed by atoms with Crippen molar-refractivity contribution in [2.24, 2.45) is 27.5 Å². The fourth-order valence-electron chi connectivity index (χ4n) is 3.92. The molecule has 6 heteroatoms. The lowest BCUT2D eigenvalue weighted by molar-refractivity contribution is 0.0163. The average Bonchev–Trinajstić information content (AvgIpc) is 2.69. The van der Waals surface area contributed by atoms with Crippen LogP contribution in [0.25, 0.3) is 0 Å². The summed E-state index contributed by atoms with van der Waals surface area (Å²) in [5.41, 5.74) is 4.25. The van der Waals surface area contributed by atoms with Gasteiger partial charge in [-0.1, -0.05) is 37.9 Å². The van der Waals surface area contributed by atoms with Crippen LogP contribution < -0.4 is 5.73 Å². The van der Waals surface area contributed by atoms with E-state index in [-0.39, 0.29) is 5.92 Å². The highest BCUT2D eigenvalue weighted by atomic mass is 32.2. The summed E-state index contributed by atoms with van der Waals surface area (Å²) in [4.78, 5) is 4.40. The SMILES string of the molecule is CCCCC[C@@H]1[C@@]2(C#N)[C@@]3(N=C(N)[C@@]12C#N)OCCS3. The zero-order chi connectivity index (χ0) is 14.4. The molecule has 0 radical (unpaired) electrons. The van der Waals surface area contributed by atoms with E-state index in [1.807, 2.05) is 0 Å². The van der Waals surface area contributed by atoms with Crippen molar-refractivity contribution in [3.63, 3.8) is 0 Å². The molecule has 106 valence electrons. The highest BCUT2D eigenvalue weighted by Gasteiger charge is 2.92. The largest absolute Gasteiger partial charge is 0.386 e. The smallest absolute Gasteiger partial charge is 0.230 e. The normalized spacial score (nSPS) is 44.8. The van der Waals surface area contributed by atoms with E-state index < -0.39 is 15.9 Å². The van der Waals surface area contributed by atoms with Crippen molar-refractivity contribution in [1.82, 2.24) is 0 Å². The van der Waals surface area contributed by atoms with E-state index in [4.69, 9.17) is 10.5 Å². The van der Waals surface area contributed by atoms with Gasteiger partial charge in [-0.25, -0.2) is 4.99 Å². The summed E-state index contributed by atoms with van der Waals surface area (Å²) in [6.45, 7) is 2.70. The fourth-order valence-corrected chi connectivity index (χ4v) is 5.27. The Balaban J connectivity index is 1.98. The number of aliphatic imine (C=N–C) groups is 1. The lowest BCUT2D eigenvalue weighted by Crippen LogP contribution is -2.34. The van der Waals surface area contributed by atoms with Crippen LogP contribution >= 0.6 is 11.8 Å². The van der Waals surface area contributed by atoms with Crippen molar-refractivity contribution in [1.29, 1.82) is 10.5 Å². The van der Waals surface area contributed by atoms with Gasteiger partial charge < -0.3 is 10.5 Å². The third-order valence-corrected chi connectivity index (χ3v) is 6.18. The maximum Gasteiger partial charge on any atom is 0.230 e. The number of nitrogens with zero attached hydrogens (tertiary/aromatic N) is 3. The molecule has 0 bridgehead atoms. The number of ether oxygens (including phenoxy) is 1. The van der Waals surface area contributed by atoms with Crippen molar-refractivity contribution in [3.05, 3.63) is 0 Å². The van der Waals surface area contributed by atoms with E-state index >= 15 is 0 Å². The summed E-state index contributed by atoms with van der Waals surface area (Å²) in [5.74, 6) is 1.06. The molecule has 3 aliphatic rings. The van der Waals surface area contributed by atoms with Crippen LogP contribution in [0.5, 0.6) is 0 Å². The van der Waals surface area contributed by atoms with E-state index in [1.54, 1.807) is 0 Å². The molecule has 1 saturated carbocycles. The van der Waals surface area contributed by atoms with Crippen LogP contribution in [0.2, 0.25) is 0 Å². The molecule has 0 amide bonds. The molecular weight excluding hydrogens is 272 g/mol. The molecule has 0 aromatic carbocycles. The van der Waals surface area contributed by atoms with Crippen LogP contribution in [0.15, 0.2) is 4.99 Å². The number of hydrogen-bond donors (Lipinski definition) is 1. The van der Waals surface area contributed by atoms with Crippen molar-refractivity contribution in [2.75, 3.05) is 12.4 Å². The quantitative estimate of drug-likeness (QED) is 0.799. The maximum absolute atomic E-state index is 9.81. The molecule has 0 aromatic rings. The van der Waals surface area contributed by atoms with E-state index in [0.29, 0.717) is 12.4 Å². The van der Waals surface area contributed by atoms with E-state index in [0.717, 1.165) is 31.4 Å². The zero-order valence-electron chi connectivity index (χ0n) is 11.6. The van der Waals surface area contributed by atoms with Crippen LogP contribution in [-0.2, 0) is 4.74 Å². The molecule has 0 aromatic heterocycles. The number of hydrogen-bond acceptors (Lipinski definition) is 6. The number of fused-ring (bicyclic) bond motifs is 2. The van der Waals surface area contributed by atoms with Crippen molar-refractivity contribution in [3.8, 4) is 12.1 Å². The molecule has 0 unspecified atom stereocenters. The molecule has 3 rings (SSSR count). The second-order valence-electron chi connectivity index (χ2n) is 5.66. The van der Waals surface area contributed by atoms with Crippen molar-refractivity contribution in [2.45, 2.75) is 37.7 Å². The van der Waals surface area contributed by atoms with Gasteiger partial charge in [0, 0.05) is 11.7 Å². The maximum atomic E-state index is 9.81. The third kappa shape index (κ3) is 1.25. The number of nitriles is 2. The van der Waals surface area contributed by atoms with Gasteiger partial charge in [0.25, 0.3) is 0 Å². The predicted molar refractivity (Wildman–Crippen MR) is 76.5 cm³/mol. The van der Waals surface area contributed by atoms with Crippen LogP contribution in [0.4, 0.5) is 0 Å². The van der Waals surface area contributed by atoms with Crippen molar-refractivity contribution < 1.29 is 4.74 Å². The van der Waals surface area contributed by atoms with Gasteiger partial charge >= 0.3 is 0 Å². The first-order valence-corrected chi connectivity index (χ1v) is 8.10. The Kier molecular flexibility index (Phi) is 3.00. The number of amidine groups is 1. The first-order chi connectivity index (χ1) is 9.65. The van der Waals surface area contributed by atoms with Crippen LogP contribution in [0.1, 0.15) is 32.6 Å². The summed E-state index contributed by atoms with van der Waals surface area (Å²) < 4.78 is 5.81. The summed E-state index contributed by atoms with van der Waals surface area (Å²) in [6.07, 6.45) is 4.09. The predicted octanol–water partition coefficient (Wildman–Crippen LogP) is 2.00. The van der Waals surface area contributed by atoms with Gasteiger partial charge in [-0.3, -0.25) is 0 Å². The standard InChI is InChI=1S/C14H18N4OS/c1-2-3-4-5-10-12(8-15)11(17)18-14(13(10,12)9-16)19-6-7-20-14/h10H,2-7H2,1H3,(H2,17,18)/t10-,12+,13+,14+/m0/s1. The Morgan fingerprint density at radius 3 is 2.80 bits per heavy atom. The van der Waals surface area contributed by atoms with E-state index in [2.05, 4.69) is 24.1 Å². The minimum absolute atomic E-state index is 0.0420. The molecule has 1 aliphatic carbocycles. The molecule has 1 saturated heterocycles. The third-order valence-electron chi connectivity index (χ3n) is 4.88. The van der Waals surface area contributed by atoms with Gasteiger partial charge in [0.2, 0.25) is 5.06 Å². The van der Waals surface area contributed by atoms with Gasteiger partial charge in [0.1, 0.15) is 16.7 Å². The number of unbranched alkanes of at least 4 members (excludes halogenated alkanes) is 2. The molecule has 2 fully saturated rings. The first-order valence-electron chi connectivity index (χ1n) is 7.11. The second kappa shape index (κ2) is 4.38. The van der Waals surface area contributed by atoms with Gasteiger partial charge in [0.15, 0.2) is 0 Å². The molecule has 2 aliphatic heterocycles. The summed E-state index contributed by atoms with van der Waals surface area (Å²) in [7, 11) is 0. The second-order valence-corrected chi connectivity index (χ2v) is 6.91. The topological polar surface area (TPSA) is 95.2 Å². The number of nitrogens with two attached hydrogens (primary N) is 1. The van der Waals surface area contributed by atoms with E-state index in [9.17, 15) is 10.5 Å². The number of rotatable bonds is 4. The lowest BCUT2D eigenvalue weighted by Gasteiger charge is -2.26. The Bertz CT molecular complexity index is 542. The molecule has 2 N–H and O–H groups in total. The monoisotopic (exact) mass is 290 g/mol. The molecular formula is C14H18N4OS. The summed E-state index contributed by atoms with van der Waals surface area (Å²) in [6, 6.07) is 4.70. The lowest BCUT2D eigenvalue weighted by atomic mass is 9.95. The fraction of sp³-hybridized carbons (Fsp3) is 0.786. The highest BCUT2D eigenvalue weighted by Crippen LogP contribution is 2.81. The molecule has 1 spiro atoms. The Morgan fingerprint density at radius 1 is 1.45 bits per heavy atom. The number of thioether (sulfide) groups is 1. The van der Waals surface area contributed by atoms with Gasteiger partial charge in [-0.15, -0.1) is 0 Å². The summed E-state index contributed by atoms with van der Waals surface area (Å²) >= 11 is 1.52. The minimum atomic E-state index is -0.932. The molecule has 20 heavy (non-hydrogen) atoms. The molecule has 4 atom stereocenters. The average molecular weight is 290 g/mol.